The number of aromatic nitrogens is 3. The number of nitrogens with zero attached hydrogens (tertiary/aromatic N) is 3. The van der Waals surface area contributed by atoms with E-state index < -0.39 is 11.6 Å². The number of fused-ring (bicyclic) bond motifs is 1. The maximum Gasteiger partial charge on any atom is 0.362 e. The van der Waals surface area contributed by atoms with Gasteiger partial charge in [-0.05, 0) is 49.7 Å². The highest BCUT2D eigenvalue weighted by Gasteiger charge is 2.25. The van der Waals surface area contributed by atoms with Crippen LogP contribution >= 0.6 is 22.9 Å². The summed E-state index contributed by atoms with van der Waals surface area (Å²) in [6.07, 6.45) is 0. The Morgan fingerprint density at radius 3 is 2.57 bits per heavy atom. The van der Waals surface area contributed by atoms with Crippen LogP contribution in [0.3, 0.4) is 0 Å². The average Bonchev–Trinajstić information content (AvgIpc) is 3.28. The van der Waals surface area contributed by atoms with Crippen molar-refractivity contribution in [3.05, 3.63) is 63.9 Å². The van der Waals surface area contributed by atoms with Crippen molar-refractivity contribution in [2.24, 2.45) is 0 Å². The van der Waals surface area contributed by atoms with Gasteiger partial charge < -0.3 is 19.9 Å². The van der Waals surface area contributed by atoms with Gasteiger partial charge in [-0.15, -0.1) is 16.4 Å². The van der Waals surface area contributed by atoms with Crippen LogP contribution in [0.1, 0.15) is 13.8 Å². The lowest BCUT2D eigenvalue weighted by Crippen LogP contribution is -2.56. The summed E-state index contributed by atoms with van der Waals surface area (Å²) in [5.41, 5.74) is 4.30. The predicted molar refractivity (Wildman–Crippen MR) is 133 cm³/mol. The standard InChI is InChI=1S/C24H23ClN4O5S/c1-24(2,34-21(30)12-26)13-33-18-9-8-16(10-19(18)32-3)29-23(31)22-17(27-28-29)11-20(35-22)14-4-6-15(25)7-5-14/h4-11H,12-13,26H2,1-3H3/p+1. The summed E-state index contributed by atoms with van der Waals surface area (Å²) in [4.78, 5) is 25.7. The molecule has 35 heavy (non-hydrogen) atoms. The first-order chi connectivity index (χ1) is 16.7. The molecule has 9 nitrogen and oxygen atoms in total. The molecule has 0 amide bonds. The number of hydrogen-bond acceptors (Lipinski definition) is 8. The highest BCUT2D eigenvalue weighted by molar-refractivity contribution is 7.22. The van der Waals surface area contributed by atoms with E-state index in [2.05, 4.69) is 16.0 Å². The van der Waals surface area contributed by atoms with E-state index in [0.29, 0.717) is 32.4 Å². The monoisotopic (exact) mass is 515 g/mol. The number of esters is 1. The molecule has 0 aliphatic carbocycles. The van der Waals surface area contributed by atoms with Gasteiger partial charge in [0.1, 0.15) is 22.4 Å². The molecule has 0 aliphatic heterocycles. The number of carbonyl (C=O) groups excluding carboxylic acids is 1. The van der Waals surface area contributed by atoms with E-state index in [1.54, 1.807) is 44.2 Å². The fourth-order valence-electron chi connectivity index (χ4n) is 3.31. The summed E-state index contributed by atoms with van der Waals surface area (Å²) in [6, 6.07) is 14.2. The van der Waals surface area contributed by atoms with Crippen molar-refractivity contribution in [2.75, 3.05) is 20.3 Å². The Bertz CT molecular complexity index is 1430. The van der Waals surface area contributed by atoms with Gasteiger partial charge in [-0.3, -0.25) is 4.79 Å². The molecule has 4 aromatic rings. The second kappa shape index (κ2) is 10.0. The molecule has 0 atom stereocenters. The molecule has 0 radical (unpaired) electrons. The number of hydrogen-bond donors (Lipinski definition) is 1. The van der Waals surface area contributed by atoms with Gasteiger partial charge in [0.05, 0.1) is 12.8 Å². The number of quaternary nitrogens is 1. The Kier molecular flexibility index (Phi) is 7.06. The lowest BCUT2D eigenvalue weighted by Gasteiger charge is -2.25. The van der Waals surface area contributed by atoms with E-state index in [1.165, 1.54) is 23.1 Å². The molecule has 2 aromatic heterocycles. The zero-order valence-corrected chi connectivity index (χ0v) is 21.0. The minimum atomic E-state index is -0.854. The Labute approximate surface area is 210 Å². The molecule has 0 spiro atoms. The number of rotatable bonds is 8. The van der Waals surface area contributed by atoms with E-state index in [0.717, 1.165) is 10.4 Å². The summed E-state index contributed by atoms with van der Waals surface area (Å²) in [6.45, 7) is 3.62. The molecule has 0 bridgehead atoms. The van der Waals surface area contributed by atoms with Crippen LogP contribution in [0.15, 0.2) is 53.3 Å². The highest BCUT2D eigenvalue weighted by Crippen LogP contribution is 2.33. The fraction of sp³-hybridized carbons (Fsp3) is 0.250. The van der Waals surface area contributed by atoms with Gasteiger partial charge in [0.15, 0.2) is 18.0 Å². The van der Waals surface area contributed by atoms with Crippen molar-refractivity contribution in [2.45, 2.75) is 19.4 Å². The van der Waals surface area contributed by atoms with Crippen molar-refractivity contribution < 1.29 is 24.7 Å². The lowest BCUT2D eigenvalue weighted by molar-refractivity contribution is -0.361. The van der Waals surface area contributed by atoms with Gasteiger partial charge in [-0.1, -0.05) is 28.9 Å². The van der Waals surface area contributed by atoms with Crippen LogP contribution in [0, 0.1) is 0 Å². The van der Waals surface area contributed by atoms with Crippen LogP contribution < -0.4 is 20.8 Å². The van der Waals surface area contributed by atoms with Crippen molar-refractivity contribution in [3.8, 4) is 27.6 Å². The van der Waals surface area contributed by atoms with E-state index in [4.69, 9.17) is 25.8 Å². The van der Waals surface area contributed by atoms with Gasteiger partial charge in [-0.2, -0.15) is 4.68 Å². The van der Waals surface area contributed by atoms with Crippen LogP contribution in [-0.2, 0) is 9.53 Å². The number of methoxy groups -OCH3 is 1. The van der Waals surface area contributed by atoms with E-state index in [-0.39, 0.29) is 18.7 Å². The van der Waals surface area contributed by atoms with E-state index in [9.17, 15) is 9.59 Å². The first-order valence-corrected chi connectivity index (χ1v) is 11.9. The van der Waals surface area contributed by atoms with Gasteiger partial charge in [-0.25, -0.2) is 4.79 Å². The highest BCUT2D eigenvalue weighted by atomic mass is 35.5. The molecular weight excluding hydrogens is 492 g/mol. The maximum atomic E-state index is 13.2. The van der Waals surface area contributed by atoms with E-state index >= 15 is 0 Å². The lowest BCUT2D eigenvalue weighted by atomic mass is 10.1. The fourth-order valence-corrected chi connectivity index (χ4v) is 4.46. The minimum Gasteiger partial charge on any atom is -0.493 e. The summed E-state index contributed by atoms with van der Waals surface area (Å²) in [5.74, 6) is 0.406. The van der Waals surface area contributed by atoms with Crippen LogP contribution in [0.5, 0.6) is 11.5 Å². The molecule has 0 aliphatic rings. The van der Waals surface area contributed by atoms with Gasteiger partial charge in [0, 0.05) is 16.0 Å². The molecule has 2 aromatic carbocycles. The zero-order valence-electron chi connectivity index (χ0n) is 19.4. The number of benzene rings is 2. The number of halogens is 1. The molecular formula is C24H24ClN4O5S+. The summed E-state index contributed by atoms with van der Waals surface area (Å²) in [5, 5.41) is 8.99. The Morgan fingerprint density at radius 1 is 1.14 bits per heavy atom. The first kappa shape index (κ1) is 24.6. The Morgan fingerprint density at radius 2 is 1.89 bits per heavy atom. The van der Waals surface area contributed by atoms with Crippen molar-refractivity contribution in [1.29, 1.82) is 0 Å². The maximum absolute atomic E-state index is 13.2. The Hall–Kier alpha value is -3.47. The van der Waals surface area contributed by atoms with Crippen molar-refractivity contribution >= 4 is 39.1 Å². The SMILES string of the molecule is COc1cc(-n2nnc3cc(-c4ccc(Cl)cc4)sc3c2=O)ccc1OCC(C)(C)OC(=O)C[NH3+]. The molecule has 0 saturated heterocycles. The third kappa shape index (κ3) is 5.45. The normalized spacial score (nSPS) is 11.5. The molecule has 182 valence electrons. The molecule has 0 saturated carbocycles. The molecule has 11 heteroatoms. The van der Waals surface area contributed by atoms with Crippen LogP contribution in [0.2, 0.25) is 5.02 Å². The van der Waals surface area contributed by atoms with Crippen LogP contribution in [0.25, 0.3) is 26.3 Å². The van der Waals surface area contributed by atoms with Crippen molar-refractivity contribution in [3.63, 3.8) is 0 Å². The minimum absolute atomic E-state index is 0.0347. The smallest absolute Gasteiger partial charge is 0.362 e. The number of carbonyl (C=O) groups is 1. The van der Waals surface area contributed by atoms with Gasteiger partial charge >= 0.3 is 5.97 Å². The zero-order chi connectivity index (χ0) is 25.2. The molecule has 0 unspecified atom stereocenters. The quantitative estimate of drug-likeness (QED) is 0.358. The van der Waals surface area contributed by atoms with Crippen LogP contribution in [0.4, 0.5) is 0 Å². The summed E-state index contributed by atoms with van der Waals surface area (Å²) in [7, 11) is 1.50. The molecule has 2 heterocycles. The number of ether oxygens (including phenoxy) is 3. The van der Waals surface area contributed by atoms with Gasteiger partial charge in [0.25, 0.3) is 5.56 Å². The summed E-state index contributed by atoms with van der Waals surface area (Å²) < 4.78 is 18.3. The first-order valence-electron chi connectivity index (χ1n) is 10.7. The average molecular weight is 516 g/mol. The third-order valence-electron chi connectivity index (χ3n) is 5.03. The van der Waals surface area contributed by atoms with Gasteiger partial charge in [0.2, 0.25) is 0 Å². The molecule has 0 fully saturated rings. The number of thiophene rings is 1. The summed E-state index contributed by atoms with van der Waals surface area (Å²) >= 11 is 7.32. The third-order valence-corrected chi connectivity index (χ3v) is 6.44. The molecule has 3 N–H and O–H groups in total. The largest absolute Gasteiger partial charge is 0.493 e. The molecule has 4 rings (SSSR count). The second-order valence-electron chi connectivity index (χ2n) is 8.25. The predicted octanol–water partition coefficient (Wildman–Crippen LogP) is 3.11. The van der Waals surface area contributed by atoms with E-state index in [1.807, 2.05) is 18.2 Å². The van der Waals surface area contributed by atoms with Crippen LogP contribution in [-0.4, -0.2) is 46.8 Å². The second-order valence-corrected chi connectivity index (χ2v) is 9.73. The Balaban J connectivity index is 1.62. The topological polar surface area (TPSA) is 120 Å². The van der Waals surface area contributed by atoms with Crippen molar-refractivity contribution in [1.82, 2.24) is 15.0 Å².